The molecule has 0 aliphatic carbocycles. The Labute approximate surface area is 235 Å². The molecule has 4 nitrogen and oxygen atoms in total. The van der Waals surface area contributed by atoms with Crippen LogP contribution in [-0.4, -0.2) is 19.5 Å². The summed E-state index contributed by atoms with van der Waals surface area (Å²) in [5, 5.41) is 9.86. The van der Waals surface area contributed by atoms with Gasteiger partial charge < -0.3 is 0 Å². The van der Waals surface area contributed by atoms with Crippen LogP contribution in [0.5, 0.6) is 0 Å². The van der Waals surface area contributed by atoms with Crippen LogP contribution in [0.25, 0.3) is 82.8 Å². The number of fused-ring (bicyclic) bond motifs is 5. The molecular formula is C37H22N4. The summed E-state index contributed by atoms with van der Waals surface area (Å²) in [6, 6.07) is 46.6. The molecule has 0 atom stereocenters. The summed E-state index contributed by atoms with van der Waals surface area (Å²) >= 11 is 0. The minimum absolute atomic E-state index is 0.614. The van der Waals surface area contributed by atoms with Gasteiger partial charge in [-0.25, -0.2) is 4.98 Å². The Hall–Kier alpha value is -5.61. The van der Waals surface area contributed by atoms with Crippen LogP contribution in [0.1, 0.15) is 0 Å². The van der Waals surface area contributed by atoms with Crippen LogP contribution in [0.4, 0.5) is 0 Å². The topological polar surface area (TPSA) is 43.6 Å². The van der Waals surface area contributed by atoms with E-state index in [2.05, 4.69) is 102 Å². The minimum atomic E-state index is 0.614. The molecule has 190 valence electrons. The lowest BCUT2D eigenvalue weighted by Crippen LogP contribution is -2.06. The molecule has 0 aliphatic heterocycles. The molecule has 0 saturated carbocycles. The summed E-state index contributed by atoms with van der Waals surface area (Å²) in [4.78, 5) is 15.2. The van der Waals surface area contributed by atoms with E-state index in [0.29, 0.717) is 17.6 Å². The molecular weight excluding hydrogens is 500 g/mol. The van der Waals surface area contributed by atoms with Crippen molar-refractivity contribution in [2.45, 2.75) is 0 Å². The van der Waals surface area contributed by atoms with Gasteiger partial charge in [0.05, 0.1) is 11.0 Å². The van der Waals surface area contributed by atoms with Gasteiger partial charge in [0.2, 0.25) is 5.95 Å². The van der Waals surface area contributed by atoms with Crippen molar-refractivity contribution in [2.24, 2.45) is 0 Å². The molecule has 0 aliphatic rings. The second-order valence-electron chi connectivity index (χ2n) is 10.5. The van der Waals surface area contributed by atoms with E-state index in [0.717, 1.165) is 22.2 Å². The van der Waals surface area contributed by atoms with Gasteiger partial charge in [0.1, 0.15) is 0 Å². The summed E-state index contributed by atoms with van der Waals surface area (Å²) in [5.74, 6) is 1.92. The highest BCUT2D eigenvalue weighted by atomic mass is 15.2. The van der Waals surface area contributed by atoms with Gasteiger partial charge in [0.15, 0.2) is 11.6 Å². The van der Waals surface area contributed by atoms with Crippen LogP contribution >= 0.6 is 0 Å². The van der Waals surface area contributed by atoms with Crippen LogP contribution in [0.2, 0.25) is 0 Å². The van der Waals surface area contributed by atoms with Crippen molar-refractivity contribution in [3.05, 3.63) is 133 Å². The maximum absolute atomic E-state index is 5.15. The van der Waals surface area contributed by atoms with E-state index in [-0.39, 0.29) is 0 Å². The SMILES string of the molecule is c1ccc(-c2nc(-c3ccccc3)nc(-n3c4cccc5c6ccccc6c6cc7ccccc7c3c6c54)n2)cc1. The average molecular weight is 523 g/mol. The summed E-state index contributed by atoms with van der Waals surface area (Å²) in [6.45, 7) is 0. The van der Waals surface area contributed by atoms with E-state index >= 15 is 0 Å². The lowest BCUT2D eigenvalue weighted by Gasteiger charge is -2.12. The van der Waals surface area contributed by atoms with Crippen molar-refractivity contribution in [3.8, 4) is 28.7 Å². The molecule has 0 fully saturated rings. The molecule has 41 heavy (non-hydrogen) atoms. The predicted molar refractivity (Wildman–Crippen MR) is 169 cm³/mol. The van der Waals surface area contributed by atoms with Crippen molar-refractivity contribution in [1.82, 2.24) is 19.5 Å². The van der Waals surface area contributed by atoms with Crippen molar-refractivity contribution in [2.75, 3.05) is 0 Å². The van der Waals surface area contributed by atoms with E-state index in [1.165, 1.54) is 43.1 Å². The number of nitrogens with zero attached hydrogens (tertiary/aromatic N) is 4. The second-order valence-corrected chi connectivity index (χ2v) is 10.5. The Balaban J connectivity index is 1.51. The monoisotopic (exact) mass is 522 g/mol. The zero-order valence-electron chi connectivity index (χ0n) is 22.0. The molecule has 0 amide bonds. The molecule has 7 aromatic carbocycles. The molecule has 2 heterocycles. The normalized spacial score (nSPS) is 11.9. The maximum Gasteiger partial charge on any atom is 0.238 e. The van der Waals surface area contributed by atoms with Crippen molar-refractivity contribution < 1.29 is 0 Å². The first kappa shape index (κ1) is 22.2. The lowest BCUT2D eigenvalue weighted by atomic mass is 9.92. The van der Waals surface area contributed by atoms with Gasteiger partial charge in [-0.1, -0.05) is 121 Å². The smallest absolute Gasteiger partial charge is 0.238 e. The van der Waals surface area contributed by atoms with Gasteiger partial charge in [-0.2, -0.15) is 9.97 Å². The van der Waals surface area contributed by atoms with Gasteiger partial charge in [-0.3, -0.25) is 4.57 Å². The first-order valence-corrected chi connectivity index (χ1v) is 13.8. The third-order valence-electron chi connectivity index (χ3n) is 8.17. The zero-order valence-corrected chi connectivity index (χ0v) is 22.0. The van der Waals surface area contributed by atoms with E-state index in [9.17, 15) is 0 Å². The quantitative estimate of drug-likeness (QED) is 0.172. The molecule has 9 aromatic rings. The minimum Gasteiger partial charge on any atom is -0.277 e. The predicted octanol–water partition coefficient (Wildman–Crippen LogP) is 9.20. The summed E-state index contributed by atoms with van der Waals surface area (Å²) < 4.78 is 2.26. The first-order chi connectivity index (χ1) is 20.3. The van der Waals surface area contributed by atoms with Gasteiger partial charge in [-0.05, 0) is 39.1 Å². The van der Waals surface area contributed by atoms with Crippen LogP contribution in [-0.2, 0) is 0 Å². The Morgan fingerprint density at radius 3 is 1.66 bits per heavy atom. The standard InChI is InChI=1S/C37H22N4/c1-3-12-23(13-4-1)35-38-36(24-14-5-2-6-15-24)40-37(39-35)41-31-21-11-20-29-27-18-9-10-19-28(27)30-22-25-16-7-8-17-26(25)34(41)33(30)32(29)31/h1-22H. The van der Waals surface area contributed by atoms with Crippen LogP contribution in [0.3, 0.4) is 0 Å². The molecule has 0 radical (unpaired) electrons. The number of benzene rings is 7. The van der Waals surface area contributed by atoms with Crippen molar-refractivity contribution in [3.63, 3.8) is 0 Å². The Morgan fingerprint density at radius 2 is 0.976 bits per heavy atom. The van der Waals surface area contributed by atoms with Crippen LogP contribution in [0.15, 0.2) is 133 Å². The van der Waals surface area contributed by atoms with Crippen molar-refractivity contribution in [1.29, 1.82) is 0 Å². The summed E-state index contributed by atoms with van der Waals surface area (Å²) in [6.07, 6.45) is 0. The first-order valence-electron chi connectivity index (χ1n) is 13.8. The molecule has 2 aromatic heterocycles. The number of rotatable bonds is 3. The molecule has 9 rings (SSSR count). The lowest BCUT2D eigenvalue weighted by molar-refractivity contribution is 0.955. The highest BCUT2D eigenvalue weighted by molar-refractivity contribution is 6.37. The second kappa shape index (κ2) is 8.44. The number of hydrogen-bond acceptors (Lipinski definition) is 3. The maximum atomic E-state index is 5.15. The Bertz CT molecular complexity index is 2350. The van der Waals surface area contributed by atoms with E-state index in [4.69, 9.17) is 15.0 Å². The highest BCUT2D eigenvalue weighted by Gasteiger charge is 2.23. The number of aromatic nitrogens is 4. The van der Waals surface area contributed by atoms with E-state index < -0.39 is 0 Å². The van der Waals surface area contributed by atoms with Gasteiger partial charge in [-0.15, -0.1) is 0 Å². The molecule has 4 heteroatoms. The molecule has 0 saturated heterocycles. The molecule has 0 N–H and O–H groups in total. The molecule has 0 spiro atoms. The average Bonchev–Trinajstić information content (AvgIpc) is 3.41. The molecule has 0 unspecified atom stereocenters. The van der Waals surface area contributed by atoms with E-state index in [1.807, 2.05) is 36.4 Å². The summed E-state index contributed by atoms with van der Waals surface area (Å²) in [7, 11) is 0. The largest absolute Gasteiger partial charge is 0.277 e. The number of hydrogen-bond donors (Lipinski definition) is 0. The zero-order chi connectivity index (χ0) is 26.9. The fourth-order valence-electron chi connectivity index (χ4n) is 6.42. The summed E-state index contributed by atoms with van der Waals surface area (Å²) in [5.41, 5.74) is 4.13. The highest BCUT2D eigenvalue weighted by Crippen LogP contribution is 2.46. The van der Waals surface area contributed by atoms with Gasteiger partial charge >= 0.3 is 0 Å². The third-order valence-corrected chi connectivity index (χ3v) is 8.17. The fourth-order valence-corrected chi connectivity index (χ4v) is 6.42. The van der Waals surface area contributed by atoms with Gasteiger partial charge in [0, 0.05) is 27.3 Å². The van der Waals surface area contributed by atoms with Crippen LogP contribution in [0, 0.1) is 0 Å². The molecule has 0 bridgehead atoms. The Morgan fingerprint density at radius 1 is 0.415 bits per heavy atom. The van der Waals surface area contributed by atoms with Gasteiger partial charge in [0.25, 0.3) is 0 Å². The van der Waals surface area contributed by atoms with E-state index in [1.54, 1.807) is 0 Å². The van der Waals surface area contributed by atoms with Crippen molar-refractivity contribution >= 4 is 54.1 Å². The Kier molecular flexibility index (Phi) is 4.58. The fraction of sp³-hybridized carbons (Fsp3) is 0. The third kappa shape index (κ3) is 3.19. The van der Waals surface area contributed by atoms with Crippen LogP contribution < -0.4 is 0 Å².